The van der Waals surface area contributed by atoms with Crippen LogP contribution in [0.2, 0.25) is 0 Å². The van der Waals surface area contributed by atoms with E-state index in [0.29, 0.717) is 0 Å². The quantitative estimate of drug-likeness (QED) is 0.868. The summed E-state index contributed by atoms with van der Waals surface area (Å²) in [5, 5.41) is 0. The molecule has 0 saturated carbocycles. The van der Waals surface area contributed by atoms with Crippen LogP contribution in [0.15, 0.2) is 24.3 Å². The third-order valence-electron chi connectivity index (χ3n) is 4.25. The molecule has 122 valence electrons. The molecule has 2 N–H and O–H groups in total. The van der Waals surface area contributed by atoms with Gasteiger partial charge in [0.2, 0.25) is 0 Å². The number of benzene rings is 1. The van der Waals surface area contributed by atoms with Gasteiger partial charge in [-0.3, -0.25) is 0 Å². The standard InChI is InChI=1S/C17H28BNO3/c1-15(2,3)20-13-10-8-12(9-11-13)14(19)18-21-16(4,5)17(6,7)22-18/h8-11,14H,19H2,1-7H3/t14-/m0/s1. The minimum atomic E-state index is -0.445. The van der Waals surface area contributed by atoms with Gasteiger partial charge in [0.15, 0.2) is 0 Å². The molecule has 1 aromatic rings. The van der Waals surface area contributed by atoms with E-state index in [9.17, 15) is 0 Å². The largest absolute Gasteiger partial charge is 0.488 e. The molecule has 2 rings (SSSR count). The Kier molecular flexibility index (Phi) is 4.37. The maximum atomic E-state index is 6.33. The molecule has 4 nitrogen and oxygen atoms in total. The molecule has 0 radical (unpaired) electrons. The summed E-state index contributed by atoms with van der Waals surface area (Å²) < 4.78 is 17.8. The second-order valence-electron chi connectivity index (χ2n) is 7.93. The third-order valence-corrected chi connectivity index (χ3v) is 4.25. The van der Waals surface area contributed by atoms with Crippen molar-refractivity contribution in [3.63, 3.8) is 0 Å². The Morgan fingerprint density at radius 2 is 1.45 bits per heavy atom. The molecule has 0 unspecified atom stereocenters. The molecule has 1 aromatic carbocycles. The minimum Gasteiger partial charge on any atom is -0.488 e. The van der Waals surface area contributed by atoms with Crippen LogP contribution < -0.4 is 10.5 Å². The van der Waals surface area contributed by atoms with Crippen molar-refractivity contribution in [1.29, 1.82) is 0 Å². The van der Waals surface area contributed by atoms with Crippen molar-refractivity contribution in [1.82, 2.24) is 0 Å². The molecule has 0 aromatic heterocycles. The highest BCUT2D eigenvalue weighted by molar-refractivity contribution is 6.47. The predicted molar refractivity (Wildman–Crippen MR) is 89.8 cm³/mol. The molecule has 22 heavy (non-hydrogen) atoms. The van der Waals surface area contributed by atoms with Crippen LogP contribution in [0.5, 0.6) is 5.75 Å². The summed E-state index contributed by atoms with van der Waals surface area (Å²) in [6.07, 6.45) is 0. The van der Waals surface area contributed by atoms with Gasteiger partial charge in [0, 0.05) is 0 Å². The number of hydrogen-bond donors (Lipinski definition) is 1. The van der Waals surface area contributed by atoms with Gasteiger partial charge in [-0.15, -0.1) is 0 Å². The van der Waals surface area contributed by atoms with Gasteiger partial charge in [-0.2, -0.15) is 0 Å². The highest BCUT2D eigenvalue weighted by Crippen LogP contribution is 2.39. The number of rotatable bonds is 3. The van der Waals surface area contributed by atoms with Crippen LogP contribution in [0.25, 0.3) is 0 Å². The second kappa shape index (κ2) is 5.55. The van der Waals surface area contributed by atoms with E-state index < -0.39 is 7.12 Å². The van der Waals surface area contributed by atoms with E-state index in [4.69, 9.17) is 19.8 Å². The monoisotopic (exact) mass is 305 g/mol. The molecule has 1 atom stereocenters. The van der Waals surface area contributed by atoms with E-state index >= 15 is 0 Å². The Morgan fingerprint density at radius 3 is 1.86 bits per heavy atom. The highest BCUT2D eigenvalue weighted by Gasteiger charge is 2.53. The van der Waals surface area contributed by atoms with Crippen molar-refractivity contribution in [3.8, 4) is 5.75 Å². The fourth-order valence-corrected chi connectivity index (χ4v) is 2.30. The van der Waals surface area contributed by atoms with Crippen molar-refractivity contribution in [2.24, 2.45) is 5.73 Å². The van der Waals surface area contributed by atoms with Gasteiger partial charge in [-0.05, 0) is 66.2 Å². The first-order valence-corrected chi connectivity index (χ1v) is 7.81. The van der Waals surface area contributed by atoms with Crippen LogP contribution in [0.4, 0.5) is 0 Å². The summed E-state index contributed by atoms with van der Waals surface area (Å²) in [4.78, 5) is 0. The summed E-state index contributed by atoms with van der Waals surface area (Å²) in [6.45, 7) is 14.2. The Balaban J connectivity index is 2.10. The van der Waals surface area contributed by atoms with E-state index in [-0.39, 0.29) is 22.7 Å². The summed E-state index contributed by atoms with van der Waals surface area (Å²) in [7, 11) is -0.445. The van der Waals surface area contributed by atoms with Crippen molar-refractivity contribution >= 4 is 7.12 Å². The first-order valence-electron chi connectivity index (χ1n) is 7.81. The molecular formula is C17H28BNO3. The summed E-state index contributed by atoms with van der Waals surface area (Å²) in [5.74, 6) is 0.502. The van der Waals surface area contributed by atoms with E-state index in [0.717, 1.165) is 11.3 Å². The third kappa shape index (κ3) is 3.65. The fourth-order valence-electron chi connectivity index (χ4n) is 2.30. The Hall–Kier alpha value is -1.04. The molecule has 1 heterocycles. The van der Waals surface area contributed by atoms with Gasteiger partial charge in [0.25, 0.3) is 0 Å². The van der Waals surface area contributed by atoms with Crippen molar-refractivity contribution in [3.05, 3.63) is 29.8 Å². The number of nitrogens with two attached hydrogens (primary N) is 1. The average Bonchev–Trinajstić information content (AvgIpc) is 2.56. The van der Waals surface area contributed by atoms with Crippen LogP contribution in [0, 0.1) is 0 Å². The zero-order valence-corrected chi connectivity index (χ0v) is 14.8. The molecule has 0 amide bonds. The zero-order chi connectivity index (χ0) is 16.8. The Labute approximate surface area is 134 Å². The summed E-state index contributed by atoms with van der Waals surface area (Å²) in [6, 6.07) is 7.81. The molecule has 1 fully saturated rings. The molecule has 0 aliphatic carbocycles. The first-order chi connectivity index (χ1) is 9.91. The minimum absolute atomic E-state index is 0.213. The lowest BCUT2D eigenvalue weighted by Crippen LogP contribution is -2.41. The average molecular weight is 305 g/mol. The van der Waals surface area contributed by atoms with Crippen LogP contribution >= 0.6 is 0 Å². The maximum absolute atomic E-state index is 6.33. The van der Waals surface area contributed by atoms with Gasteiger partial charge in [-0.1, -0.05) is 12.1 Å². The van der Waals surface area contributed by atoms with Crippen LogP contribution in [0.3, 0.4) is 0 Å². The molecule has 0 spiro atoms. The van der Waals surface area contributed by atoms with Crippen molar-refractivity contribution in [2.45, 2.75) is 71.2 Å². The summed E-state index contributed by atoms with van der Waals surface area (Å²) in [5.41, 5.74) is 6.35. The number of ether oxygens (including phenoxy) is 1. The van der Waals surface area contributed by atoms with Crippen LogP contribution in [-0.2, 0) is 9.31 Å². The molecule has 1 aliphatic heterocycles. The van der Waals surface area contributed by atoms with Gasteiger partial charge >= 0.3 is 7.12 Å². The van der Waals surface area contributed by atoms with Crippen molar-refractivity contribution < 1.29 is 14.0 Å². The van der Waals surface area contributed by atoms with Gasteiger partial charge in [0.1, 0.15) is 11.4 Å². The smallest absolute Gasteiger partial charge is 0.480 e. The second-order valence-corrected chi connectivity index (χ2v) is 7.93. The normalized spacial score (nSPS) is 21.7. The Bertz CT molecular complexity index is 504. The predicted octanol–water partition coefficient (Wildman–Crippen LogP) is 3.50. The first kappa shape index (κ1) is 17.3. The van der Waals surface area contributed by atoms with Crippen LogP contribution in [-0.4, -0.2) is 23.9 Å². The Morgan fingerprint density at radius 1 is 1.00 bits per heavy atom. The van der Waals surface area contributed by atoms with Gasteiger partial charge < -0.3 is 19.8 Å². The molecule has 1 saturated heterocycles. The fraction of sp³-hybridized carbons (Fsp3) is 0.647. The molecule has 5 heteroatoms. The van der Waals surface area contributed by atoms with Crippen LogP contribution in [0.1, 0.15) is 60.0 Å². The van der Waals surface area contributed by atoms with E-state index in [1.807, 2.05) is 72.7 Å². The SMILES string of the molecule is CC(C)(C)Oc1ccc([C@H](N)B2OC(C)(C)C(C)(C)O2)cc1. The lowest BCUT2D eigenvalue weighted by molar-refractivity contribution is 0.00578. The van der Waals surface area contributed by atoms with Gasteiger partial charge in [0.05, 0.1) is 17.1 Å². The number of hydrogen-bond acceptors (Lipinski definition) is 4. The van der Waals surface area contributed by atoms with E-state index in [2.05, 4.69) is 0 Å². The van der Waals surface area contributed by atoms with Crippen molar-refractivity contribution in [2.75, 3.05) is 0 Å². The zero-order valence-electron chi connectivity index (χ0n) is 14.8. The van der Waals surface area contributed by atoms with E-state index in [1.165, 1.54) is 0 Å². The molecular weight excluding hydrogens is 277 g/mol. The molecule has 1 aliphatic rings. The lowest BCUT2D eigenvalue weighted by Gasteiger charge is -2.32. The van der Waals surface area contributed by atoms with Gasteiger partial charge in [-0.25, -0.2) is 0 Å². The highest BCUT2D eigenvalue weighted by atomic mass is 16.7. The topological polar surface area (TPSA) is 53.7 Å². The van der Waals surface area contributed by atoms with E-state index in [1.54, 1.807) is 0 Å². The maximum Gasteiger partial charge on any atom is 0.480 e. The molecule has 0 bridgehead atoms. The summed E-state index contributed by atoms with van der Waals surface area (Å²) >= 11 is 0. The lowest BCUT2D eigenvalue weighted by atomic mass is 9.75.